The summed E-state index contributed by atoms with van der Waals surface area (Å²) in [6.45, 7) is 9.12. The van der Waals surface area contributed by atoms with Gasteiger partial charge in [-0.25, -0.2) is 14.6 Å². The number of nitrogens with zero attached hydrogens (tertiary/aromatic N) is 2. The van der Waals surface area contributed by atoms with Crippen LogP contribution in [0.4, 0.5) is 5.82 Å². The molecule has 150 valence electrons. The summed E-state index contributed by atoms with van der Waals surface area (Å²) >= 11 is 3.45. The van der Waals surface area contributed by atoms with E-state index in [4.69, 9.17) is 10.2 Å². The van der Waals surface area contributed by atoms with E-state index in [1.807, 2.05) is 12.1 Å². The molecule has 1 aromatic rings. The smallest absolute Gasteiger partial charge is 0.328 e. The van der Waals surface area contributed by atoms with Gasteiger partial charge in [0.05, 0.1) is 0 Å². The van der Waals surface area contributed by atoms with Gasteiger partial charge in [0.15, 0.2) is 0 Å². The largest absolute Gasteiger partial charge is 0.478 e. The van der Waals surface area contributed by atoms with Crippen LogP contribution in [-0.2, 0) is 9.59 Å². The average Bonchev–Trinajstić information content (AvgIpc) is 2.50. The van der Waals surface area contributed by atoms with E-state index in [1.54, 1.807) is 0 Å². The highest BCUT2D eigenvalue weighted by molar-refractivity contribution is 9.10. The van der Waals surface area contributed by atoms with Gasteiger partial charge in [0.1, 0.15) is 10.4 Å². The van der Waals surface area contributed by atoms with E-state index in [2.05, 4.69) is 71.9 Å². The minimum Gasteiger partial charge on any atom is -0.478 e. The van der Waals surface area contributed by atoms with Gasteiger partial charge in [-0.1, -0.05) is 6.07 Å². The number of rotatable bonds is 4. The van der Waals surface area contributed by atoms with E-state index in [0.29, 0.717) is 18.2 Å². The summed E-state index contributed by atoms with van der Waals surface area (Å²) in [5, 5.41) is 19.3. The summed E-state index contributed by atoms with van der Waals surface area (Å²) in [5.41, 5.74) is 0.319. The predicted molar refractivity (Wildman–Crippen MR) is 109 cm³/mol. The van der Waals surface area contributed by atoms with Crippen molar-refractivity contribution in [2.45, 2.75) is 57.7 Å². The molecule has 7 nitrogen and oxygen atoms in total. The molecular weight excluding hydrogens is 414 g/mol. The van der Waals surface area contributed by atoms with Crippen LogP contribution in [0.1, 0.15) is 40.5 Å². The second-order valence-electron chi connectivity index (χ2n) is 7.89. The number of hydrogen-bond donors (Lipinski definition) is 3. The van der Waals surface area contributed by atoms with Crippen LogP contribution in [0.25, 0.3) is 0 Å². The lowest BCUT2D eigenvalue weighted by molar-refractivity contribution is -0.134. The highest BCUT2D eigenvalue weighted by Gasteiger charge is 2.39. The fraction of sp³-hybridized carbons (Fsp3) is 0.526. The number of halogens is 1. The molecule has 2 heterocycles. The van der Waals surface area contributed by atoms with Gasteiger partial charge in [-0.15, -0.1) is 0 Å². The first kappa shape index (κ1) is 23.1. The molecule has 1 aromatic heterocycles. The molecule has 0 spiro atoms. The van der Waals surface area contributed by atoms with Crippen LogP contribution in [0.5, 0.6) is 0 Å². The first-order valence-corrected chi connectivity index (χ1v) is 9.39. The van der Waals surface area contributed by atoms with E-state index in [9.17, 15) is 9.59 Å². The van der Waals surface area contributed by atoms with Gasteiger partial charge in [-0.2, -0.15) is 0 Å². The third-order valence-corrected chi connectivity index (χ3v) is 4.59. The van der Waals surface area contributed by atoms with Gasteiger partial charge in [0.25, 0.3) is 0 Å². The molecular formula is C19H28BrN3O4. The zero-order chi connectivity index (χ0) is 20.8. The van der Waals surface area contributed by atoms with Crippen LogP contribution in [0.2, 0.25) is 0 Å². The Kier molecular flexibility index (Phi) is 7.98. The number of nitrogens with one attached hydrogen (secondary N) is 1. The molecule has 1 aliphatic rings. The summed E-state index contributed by atoms with van der Waals surface area (Å²) in [7, 11) is 2.15. The number of carboxylic acids is 2. The molecule has 0 atom stereocenters. The predicted octanol–water partition coefficient (Wildman–Crippen LogP) is 3.30. The Hall–Kier alpha value is -1.93. The number of anilines is 1. The molecule has 1 saturated heterocycles. The van der Waals surface area contributed by atoms with E-state index in [0.717, 1.165) is 23.3 Å². The summed E-state index contributed by atoms with van der Waals surface area (Å²) in [4.78, 5) is 26.0. The van der Waals surface area contributed by atoms with E-state index >= 15 is 0 Å². The molecule has 0 amide bonds. The maximum Gasteiger partial charge on any atom is 0.328 e. The average molecular weight is 442 g/mol. The number of aliphatic carboxylic acids is 2. The number of pyridine rings is 1. The van der Waals surface area contributed by atoms with Crippen molar-refractivity contribution in [2.75, 3.05) is 11.9 Å². The fourth-order valence-electron chi connectivity index (χ4n) is 3.47. The lowest BCUT2D eigenvalue weighted by Crippen LogP contribution is -2.62. The maximum absolute atomic E-state index is 9.55. The minimum atomic E-state index is -1.26. The number of piperidine rings is 1. The van der Waals surface area contributed by atoms with Crippen molar-refractivity contribution in [2.24, 2.45) is 0 Å². The van der Waals surface area contributed by atoms with Gasteiger partial charge in [0.2, 0.25) is 0 Å². The third-order valence-electron chi connectivity index (χ3n) is 4.15. The summed E-state index contributed by atoms with van der Waals surface area (Å²) < 4.78 is 0.893. The first-order chi connectivity index (χ1) is 12.3. The third kappa shape index (κ3) is 8.53. The van der Waals surface area contributed by atoms with Gasteiger partial charge >= 0.3 is 11.9 Å². The van der Waals surface area contributed by atoms with E-state index in [-0.39, 0.29) is 11.1 Å². The van der Waals surface area contributed by atoms with Crippen molar-refractivity contribution in [3.05, 3.63) is 35.0 Å². The highest BCUT2D eigenvalue weighted by atomic mass is 79.9. The topological polar surface area (TPSA) is 103 Å². The second kappa shape index (κ2) is 9.32. The summed E-state index contributed by atoms with van der Waals surface area (Å²) in [6.07, 6.45) is 3.37. The molecule has 3 N–H and O–H groups in total. The molecule has 0 aliphatic carbocycles. The molecule has 0 saturated carbocycles. The quantitative estimate of drug-likeness (QED) is 0.486. The van der Waals surface area contributed by atoms with Crippen LogP contribution in [0.3, 0.4) is 0 Å². The van der Waals surface area contributed by atoms with E-state index < -0.39 is 11.9 Å². The Balaban J connectivity index is 0.000000387. The monoisotopic (exact) mass is 441 g/mol. The van der Waals surface area contributed by atoms with Crippen molar-refractivity contribution in [1.82, 2.24) is 10.3 Å². The van der Waals surface area contributed by atoms with Crippen LogP contribution < -0.4 is 10.2 Å². The Labute approximate surface area is 168 Å². The maximum atomic E-state index is 9.55. The number of carbonyl (C=O) groups is 2. The summed E-state index contributed by atoms with van der Waals surface area (Å²) in [6, 6.07) is 6.59. The molecule has 0 unspecified atom stereocenters. The SMILES string of the molecule is CN(c1cccc(Br)n1)C1CC(C)(C)NC(C)(C)C1.O=C(O)/C=C/C(=O)O. The van der Waals surface area contributed by atoms with Gasteiger partial charge in [0, 0.05) is 36.3 Å². The first-order valence-electron chi connectivity index (χ1n) is 8.60. The lowest BCUT2D eigenvalue weighted by atomic mass is 9.79. The second-order valence-corrected chi connectivity index (χ2v) is 8.71. The standard InChI is InChI=1S/C15H24BrN3.C4H4O4/c1-14(2)9-11(10-15(3,4)18-14)19(5)13-8-6-7-12(16)17-13;5-3(6)1-2-4(7)8/h6-8,11,18H,9-10H2,1-5H3;1-2H,(H,5,6)(H,7,8)/b;2-1+. The Morgan fingerprint density at radius 2 is 1.63 bits per heavy atom. The molecule has 2 rings (SSSR count). The normalized spacial score (nSPS) is 18.4. The van der Waals surface area contributed by atoms with Crippen LogP contribution in [-0.4, -0.2) is 51.3 Å². The molecule has 0 aromatic carbocycles. The van der Waals surface area contributed by atoms with Crippen molar-refractivity contribution >= 4 is 33.7 Å². The molecule has 8 heteroatoms. The van der Waals surface area contributed by atoms with Gasteiger partial charge in [-0.3, -0.25) is 0 Å². The minimum absolute atomic E-state index is 0.159. The van der Waals surface area contributed by atoms with Crippen LogP contribution in [0.15, 0.2) is 35.0 Å². The molecule has 1 aliphatic heterocycles. The van der Waals surface area contributed by atoms with Gasteiger partial charge < -0.3 is 20.4 Å². The number of hydrogen-bond acceptors (Lipinski definition) is 5. The van der Waals surface area contributed by atoms with Crippen molar-refractivity contribution in [3.63, 3.8) is 0 Å². The molecule has 1 fully saturated rings. The Morgan fingerprint density at radius 1 is 1.15 bits per heavy atom. The fourth-order valence-corrected chi connectivity index (χ4v) is 3.80. The number of carboxylic acid groups (broad SMARTS) is 2. The van der Waals surface area contributed by atoms with Crippen LogP contribution >= 0.6 is 15.9 Å². The van der Waals surface area contributed by atoms with Gasteiger partial charge in [-0.05, 0) is 68.6 Å². The van der Waals surface area contributed by atoms with Crippen molar-refractivity contribution in [1.29, 1.82) is 0 Å². The lowest BCUT2D eigenvalue weighted by Gasteiger charge is -2.49. The highest BCUT2D eigenvalue weighted by Crippen LogP contribution is 2.32. The Morgan fingerprint density at radius 3 is 2.04 bits per heavy atom. The summed E-state index contributed by atoms with van der Waals surface area (Å²) in [5.74, 6) is -1.48. The van der Waals surface area contributed by atoms with Crippen molar-refractivity contribution in [3.8, 4) is 0 Å². The van der Waals surface area contributed by atoms with Crippen LogP contribution in [0, 0.1) is 0 Å². The Bertz CT molecular complexity index is 672. The number of aromatic nitrogens is 1. The molecule has 0 radical (unpaired) electrons. The van der Waals surface area contributed by atoms with Crippen molar-refractivity contribution < 1.29 is 19.8 Å². The molecule has 0 bridgehead atoms. The zero-order valence-electron chi connectivity index (χ0n) is 16.4. The van der Waals surface area contributed by atoms with E-state index in [1.165, 1.54) is 0 Å². The molecule has 27 heavy (non-hydrogen) atoms. The zero-order valence-corrected chi connectivity index (χ0v) is 17.9.